The molecule has 0 amide bonds. The second-order valence-corrected chi connectivity index (χ2v) is 12.6. The van der Waals surface area contributed by atoms with Crippen molar-refractivity contribution in [1.82, 2.24) is 0 Å². The molecular formula is C31H20Cl3OS2+. The van der Waals surface area contributed by atoms with Gasteiger partial charge in [0, 0.05) is 31.0 Å². The Hall–Kier alpha value is -2.66. The minimum atomic E-state index is -0.309. The van der Waals surface area contributed by atoms with Gasteiger partial charge in [0.05, 0.1) is 15.9 Å². The average Bonchev–Trinajstić information content (AvgIpc) is 2.93. The third kappa shape index (κ3) is 6.26. The van der Waals surface area contributed by atoms with E-state index in [1.165, 1.54) is 14.7 Å². The fourth-order valence-electron chi connectivity index (χ4n) is 3.82. The third-order valence-electron chi connectivity index (χ3n) is 5.61. The first-order valence-corrected chi connectivity index (χ1v) is 14.6. The molecule has 1 nitrogen and oxygen atoms in total. The number of hydrogen-bond acceptors (Lipinski definition) is 2. The minimum absolute atomic E-state index is 0.0848. The molecule has 0 unspecified atom stereocenters. The monoisotopic (exact) mass is 577 g/mol. The van der Waals surface area contributed by atoms with Crippen molar-refractivity contribution >= 4 is 63.2 Å². The van der Waals surface area contributed by atoms with Gasteiger partial charge in [-0.3, -0.25) is 4.79 Å². The van der Waals surface area contributed by atoms with E-state index in [4.69, 9.17) is 34.8 Å². The molecule has 0 fully saturated rings. The summed E-state index contributed by atoms with van der Waals surface area (Å²) >= 11 is 20.3. The number of hydrogen-bond donors (Lipinski definition) is 0. The molecule has 182 valence electrons. The Morgan fingerprint density at radius 2 is 1.05 bits per heavy atom. The van der Waals surface area contributed by atoms with Crippen LogP contribution < -0.4 is 0 Å². The molecule has 5 aromatic carbocycles. The van der Waals surface area contributed by atoms with E-state index in [9.17, 15) is 4.79 Å². The lowest BCUT2D eigenvalue weighted by molar-refractivity contribution is 0.103. The first-order valence-electron chi connectivity index (χ1n) is 11.4. The number of ketones is 1. The standard InChI is InChI=1S/C31H20Cl3OS2/c32-22-6-13-26(14-7-22)37(27-15-8-23(33)9-16-27)28-17-10-24(11-18-28)36-25-12-19-30(34)29(20-25)31(35)21-4-2-1-3-5-21/h1-20H/q+1. The SMILES string of the molecule is O=C(c1ccccc1)c1cc(Sc2ccc([S+](c3ccc(Cl)cc3)c3ccc(Cl)cc3)cc2)ccc1Cl. The Bertz CT molecular complexity index is 1470. The Balaban J connectivity index is 1.42. The highest BCUT2D eigenvalue weighted by Gasteiger charge is 2.28. The highest BCUT2D eigenvalue weighted by Crippen LogP contribution is 2.36. The van der Waals surface area contributed by atoms with E-state index in [2.05, 4.69) is 48.5 Å². The van der Waals surface area contributed by atoms with E-state index in [0.29, 0.717) is 26.2 Å². The van der Waals surface area contributed by atoms with E-state index in [1.54, 1.807) is 30.0 Å². The fourth-order valence-corrected chi connectivity index (χ4v) is 7.17. The normalized spacial score (nSPS) is 11.0. The van der Waals surface area contributed by atoms with E-state index in [1.807, 2.05) is 54.6 Å². The molecule has 0 N–H and O–H groups in total. The minimum Gasteiger partial charge on any atom is -0.289 e. The Morgan fingerprint density at radius 3 is 1.59 bits per heavy atom. The van der Waals surface area contributed by atoms with Gasteiger partial charge in [0.25, 0.3) is 0 Å². The summed E-state index contributed by atoms with van der Waals surface area (Å²) in [5, 5.41) is 1.87. The van der Waals surface area contributed by atoms with Crippen LogP contribution in [0.4, 0.5) is 0 Å². The van der Waals surface area contributed by atoms with Crippen molar-refractivity contribution < 1.29 is 4.79 Å². The van der Waals surface area contributed by atoms with Gasteiger partial charge in [-0.2, -0.15) is 0 Å². The lowest BCUT2D eigenvalue weighted by Gasteiger charge is -2.10. The quantitative estimate of drug-likeness (QED) is 0.141. The number of carbonyl (C=O) groups excluding carboxylic acids is 1. The van der Waals surface area contributed by atoms with Gasteiger partial charge < -0.3 is 0 Å². The summed E-state index contributed by atoms with van der Waals surface area (Å²) in [6, 6.07) is 39.3. The summed E-state index contributed by atoms with van der Waals surface area (Å²) in [6.07, 6.45) is 0. The molecule has 0 radical (unpaired) electrons. The predicted octanol–water partition coefficient (Wildman–Crippen LogP) is 10.1. The molecule has 0 heterocycles. The topological polar surface area (TPSA) is 17.1 Å². The summed E-state index contributed by atoms with van der Waals surface area (Å²) in [5.41, 5.74) is 1.12. The molecule has 5 aromatic rings. The molecular weight excluding hydrogens is 559 g/mol. The van der Waals surface area contributed by atoms with Crippen LogP contribution in [-0.4, -0.2) is 5.78 Å². The van der Waals surface area contributed by atoms with Gasteiger partial charge in [0.15, 0.2) is 20.5 Å². The van der Waals surface area contributed by atoms with Crippen molar-refractivity contribution in [3.8, 4) is 0 Å². The Kier molecular flexibility index (Phi) is 8.29. The maximum absolute atomic E-state index is 13.0. The van der Waals surface area contributed by atoms with Crippen LogP contribution in [0.25, 0.3) is 0 Å². The van der Waals surface area contributed by atoms with Crippen LogP contribution in [0.1, 0.15) is 15.9 Å². The van der Waals surface area contributed by atoms with Crippen LogP contribution in [0, 0.1) is 0 Å². The zero-order chi connectivity index (χ0) is 25.8. The smallest absolute Gasteiger partial charge is 0.194 e. The molecule has 0 aliphatic heterocycles. The maximum Gasteiger partial charge on any atom is 0.194 e. The predicted molar refractivity (Wildman–Crippen MR) is 157 cm³/mol. The summed E-state index contributed by atoms with van der Waals surface area (Å²) in [4.78, 5) is 18.5. The van der Waals surface area contributed by atoms with Crippen LogP contribution >= 0.6 is 46.6 Å². The number of carbonyl (C=O) groups is 1. The Morgan fingerprint density at radius 1 is 0.568 bits per heavy atom. The molecule has 0 saturated carbocycles. The molecule has 0 saturated heterocycles. The van der Waals surface area contributed by atoms with Gasteiger partial charge in [0.2, 0.25) is 0 Å². The van der Waals surface area contributed by atoms with Crippen LogP contribution in [0.15, 0.2) is 146 Å². The fraction of sp³-hybridized carbons (Fsp3) is 0. The molecule has 0 spiro atoms. The van der Waals surface area contributed by atoms with Gasteiger partial charge in [-0.05, 0) is 91.0 Å². The average molecular weight is 579 g/mol. The summed E-state index contributed by atoms with van der Waals surface area (Å²) in [6.45, 7) is 0. The van der Waals surface area contributed by atoms with Crippen molar-refractivity contribution in [2.75, 3.05) is 0 Å². The lowest BCUT2D eigenvalue weighted by atomic mass is 10.0. The van der Waals surface area contributed by atoms with Crippen molar-refractivity contribution in [3.63, 3.8) is 0 Å². The number of rotatable bonds is 7. The first kappa shape index (κ1) is 26.0. The highest BCUT2D eigenvalue weighted by atomic mass is 35.5. The number of halogens is 3. The second-order valence-electron chi connectivity index (χ2n) is 8.12. The first-order chi connectivity index (χ1) is 18.0. The molecule has 0 aliphatic carbocycles. The van der Waals surface area contributed by atoms with Crippen LogP contribution in [0.3, 0.4) is 0 Å². The summed E-state index contributed by atoms with van der Waals surface area (Å²) in [5.74, 6) is -0.0848. The van der Waals surface area contributed by atoms with Crippen LogP contribution in [0.5, 0.6) is 0 Å². The third-order valence-corrected chi connectivity index (χ3v) is 9.67. The maximum atomic E-state index is 13.0. The van der Waals surface area contributed by atoms with Crippen molar-refractivity contribution in [2.45, 2.75) is 24.5 Å². The van der Waals surface area contributed by atoms with Crippen molar-refractivity contribution in [2.24, 2.45) is 0 Å². The lowest BCUT2D eigenvalue weighted by Crippen LogP contribution is -2.04. The molecule has 5 rings (SSSR count). The van der Waals surface area contributed by atoms with Gasteiger partial charge in [-0.25, -0.2) is 0 Å². The van der Waals surface area contributed by atoms with Gasteiger partial charge in [0.1, 0.15) is 0 Å². The summed E-state index contributed by atoms with van der Waals surface area (Å²) in [7, 11) is -0.309. The van der Waals surface area contributed by atoms with Gasteiger partial charge >= 0.3 is 0 Å². The van der Waals surface area contributed by atoms with Gasteiger partial charge in [-0.15, -0.1) is 0 Å². The molecule has 0 aliphatic rings. The largest absolute Gasteiger partial charge is 0.289 e. The Labute approximate surface area is 238 Å². The van der Waals surface area contributed by atoms with Crippen molar-refractivity contribution in [1.29, 1.82) is 0 Å². The summed E-state index contributed by atoms with van der Waals surface area (Å²) < 4.78 is 0. The molecule has 0 atom stereocenters. The second kappa shape index (κ2) is 11.8. The van der Waals surface area contributed by atoms with Crippen molar-refractivity contribution in [3.05, 3.63) is 148 Å². The van der Waals surface area contributed by atoms with E-state index >= 15 is 0 Å². The molecule has 0 bridgehead atoms. The van der Waals surface area contributed by atoms with Gasteiger partial charge in [-0.1, -0.05) is 76.9 Å². The van der Waals surface area contributed by atoms with E-state index in [0.717, 1.165) is 9.79 Å². The van der Waals surface area contributed by atoms with Crippen LogP contribution in [-0.2, 0) is 10.9 Å². The van der Waals surface area contributed by atoms with E-state index in [-0.39, 0.29) is 16.7 Å². The van der Waals surface area contributed by atoms with Crippen LogP contribution in [0.2, 0.25) is 15.1 Å². The molecule has 0 aromatic heterocycles. The molecule has 37 heavy (non-hydrogen) atoms. The molecule has 6 heteroatoms. The van der Waals surface area contributed by atoms with E-state index < -0.39 is 0 Å². The zero-order valence-corrected chi connectivity index (χ0v) is 23.3. The number of benzene rings is 5. The zero-order valence-electron chi connectivity index (χ0n) is 19.4. The highest BCUT2D eigenvalue weighted by molar-refractivity contribution is 7.99.